The summed E-state index contributed by atoms with van der Waals surface area (Å²) in [4.78, 5) is 31.0. The number of likely N-dealkylation sites (tertiary alicyclic amines) is 1. The van der Waals surface area contributed by atoms with Crippen LogP contribution < -0.4 is 10.0 Å². The van der Waals surface area contributed by atoms with Gasteiger partial charge >= 0.3 is 6.09 Å². The van der Waals surface area contributed by atoms with Gasteiger partial charge in [-0.1, -0.05) is 18.2 Å². The number of benzene rings is 2. The summed E-state index contributed by atoms with van der Waals surface area (Å²) in [5.74, 6) is -0.116. The summed E-state index contributed by atoms with van der Waals surface area (Å²) < 4.78 is 34.2. The number of hydrogen-bond donors (Lipinski definition) is 2. The van der Waals surface area contributed by atoms with Crippen LogP contribution in [0.15, 0.2) is 65.8 Å². The number of hydrogen-bond acceptors (Lipinski definition) is 6. The van der Waals surface area contributed by atoms with E-state index < -0.39 is 15.6 Å². The highest BCUT2D eigenvalue weighted by molar-refractivity contribution is 7.89. The Morgan fingerprint density at radius 2 is 1.72 bits per heavy atom. The molecule has 2 fully saturated rings. The molecule has 2 atom stereocenters. The maximum atomic E-state index is 13.0. The number of amides is 2. The van der Waals surface area contributed by atoms with Crippen molar-refractivity contribution in [2.45, 2.75) is 62.5 Å². The molecule has 2 unspecified atom stereocenters. The van der Waals surface area contributed by atoms with Crippen LogP contribution in [0.1, 0.15) is 51.5 Å². The van der Waals surface area contributed by atoms with E-state index in [9.17, 15) is 18.0 Å². The smallest absolute Gasteiger partial charge is 0.410 e. The maximum absolute atomic E-state index is 13.0. The molecule has 1 saturated heterocycles. The van der Waals surface area contributed by atoms with Crippen molar-refractivity contribution >= 4 is 38.5 Å². The Balaban J connectivity index is 1.13. The lowest BCUT2D eigenvalue weighted by Gasteiger charge is -2.33. The Bertz CT molecular complexity index is 1480. The van der Waals surface area contributed by atoms with Crippen molar-refractivity contribution < 1.29 is 22.7 Å². The number of piperidine rings is 1. The number of anilines is 1. The molecule has 2 aliphatic rings. The van der Waals surface area contributed by atoms with E-state index in [4.69, 9.17) is 4.74 Å². The van der Waals surface area contributed by atoms with Gasteiger partial charge in [0.1, 0.15) is 5.60 Å². The second-order valence-electron chi connectivity index (χ2n) is 11.3. The number of rotatable bonds is 6. The van der Waals surface area contributed by atoms with Crippen molar-refractivity contribution in [2.75, 3.05) is 18.4 Å². The van der Waals surface area contributed by atoms with Crippen LogP contribution in [0, 0.1) is 5.92 Å². The molecular weight excluding hydrogens is 516 g/mol. The number of sulfonamides is 1. The normalized spacial score (nSPS) is 20.0. The summed E-state index contributed by atoms with van der Waals surface area (Å²) >= 11 is 0. The van der Waals surface area contributed by atoms with Crippen LogP contribution in [-0.2, 0) is 19.6 Å². The van der Waals surface area contributed by atoms with Crippen LogP contribution in [0.25, 0.3) is 10.8 Å². The van der Waals surface area contributed by atoms with Gasteiger partial charge in [-0.25, -0.2) is 17.9 Å². The van der Waals surface area contributed by atoms with Crippen molar-refractivity contribution in [3.63, 3.8) is 0 Å². The molecule has 10 heteroatoms. The highest BCUT2D eigenvalue weighted by Crippen LogP contribution is 2.48. The Hall–Kier alpha value is -3.50. The van der Waals surface area contributed by atoms with Gasteiger partial charge in [-0.05, 0) is 87.2 Å². The molecule has 2 amide bonds. The van der Waals surface area contributed by atoms with Crippen LogP contribution in [0.2, 0.25) is 0 Å². The molecule has 1 saturated carbocycles. The molecule has 2 heterocycles. The number of pyridine rings is 1. The monoisotopic (exact) mass is 550 g/mol. The number of ether oxygens (including phenoxy) is 1. The topological polar surface area (TPSA) is 118 Å². The minimum absolute atomic E-state index is 0.0375. The van der Waals surface area contributed by atoms with E-state index in [0.29, 0.717) is 25.9 Å². The zero-order chi connectivity index (χ0) is 27.8. The zero-order valence-corrected chi connectivity index (χ0v) is 23.2. The molecule has 9 nitrogen and oxygen atoms in total. The highest BCUT2D eigenvalue weighted by Gasteiger charge is 2.44. The predicted octanol–water partition coefficient (Wildman–Crippen LogP) is 4.65. The van der Waals surface area contributed by atoms with Crippen molar-refractivity contribution in [2.24, 2.45) is 5.92 Å². The van der Waals surface area contributed by atoms with Gasteiger partial charge < -0.3 is 15.0 Å². The quantitative estimate of drug-likeness (QED) is 0.461. The third kappa shape index (κ3) is 6.57. The molecule has 3 aromatic rings. The number of fused-ring (bicyclic) bond motifs is 1. The van der Waals surface area contributed by atoms with E-state index in [1.807, 2.05) is 45.0 Å². The lowest BCUT2D eigenvalue weighted by atomic mass is 10.1. The summed E-state index contributed by atoms with van der Waals surface area (Å²) in [6.07, 6.45) is 4.89. The van der Waals surface area contributed by atoms with Crippen LogP contribution in [-0.4, -0.2) is 55.0 Å². The number of carbonyl (C=O) groups is 2. The summed E-state index contributed by atoms with van der Waals surface area (Å²) in [6, 6.07) is 14.2. The molecule has 0 bridgehead atoms. The first kappa shape index (κ1) is 27.1. The van der Waals surface area contributed by atoms with E-state index in [1.165, 1.54) is 0 Å². The lowest BCUT2D eigenvalue weighted by Crippen LogP contribution is -2.47. The fourth-order valence-corrected chi connectivity index (χ4v) is 6.24. The average Bonchev–Trinajstić information content (AvgIpc) is 3.69. The molecule has 5 rings (SSSR count). The van der Waals surface area contributed by atoms with E-state index >= 15 is 0 Å². The molecule has 1 aromatic heterocycles. The number of nitrogens with zero attached hydrogens (tertiary/aromatic N) is 2. The van der Waals surface area contributed by atoms with Crippen LogP contribution in [0.4, 0.5) is 10.5 Å². The Labute approximate surface area is 229 Å². The van der Waals surface area contributed by atoms with Gasteiger partial charge in [-0.3, -0.25) is 9.78 Å². The van der Waals surface area contributed by atoms with Gasteiger partial charge in [0, 0.05) is 48.5 Å². The second-order valence-corrected chi connectivity index (χ2v) is 13.0. The molecule has 39 heavy (non-hydrogen) atoms. The van der Waals surface area contributed by atoms with Crippen molar-refractivity contribution in [3.8, 4) is 0 Å². The largest absolute Gasteiger partial charge is 0.444 e. The standard InChI is InChI=1S/C29H34N4O5S/c1-29(2,3)38-28(35)33-14-11-22(12-15-33)32-39(36,37)24-8-5-19(6-9-24)25-17-26(25)27(34)31-23-7-4-21-18-30-13-10-20(21)16-23/h4-10,13,16,18,22,25-26,32H,11-12,14-15,17H2,1-3H3,(H,31,34). The van der Waals surface area contributed by atoms with Crippen LogP contribution in [0.3, 0.4) is 0 Å². The lowest BCUT2D eigenvalue weighted by molar-refractivity contribution is -0.117. The number of carbonyl (C=O) groups excluding carboxylic acids is 2. The fraction of sp³-hybridized carbons (Fsp3) is 0.414. The molecule has 0 spiro atoms. The van der Waals surface area contributed by atoms with Gasteiger partial charge in [0.05, 0.1) is 4.90 Å². The molecule has 0 radical (unpaired) electrons. The van der Waals surface area contributed by atoms with Gasteiger partial charge in [-0.15, -0.1) is 0 Å². The Morgan fingerprint density at radius 3 is 2.41 bits per heavy atom. The third-order valence-corrected chi connectivity index (χ3v) is 8.66. The Kier molecular flexibility index (Phi) is 7.35. The average molecular weight is 551 g/mol. The van der Waals surface area contributed by atoms with Gasteiger partial charge in [0.2, 0.25) is 15.9 Å². The van der Waals surface area contributed by atoms with Crippen LogP contribution >= 0.6 is 0 Å². The first-order valence-corrected chi connectivity index (χ1v) is 14.7. The first-order valence-electron chi connectivity index (χ1n) is 13.2. The molecule has 2 N–H and O–H groups in total. The van der Waals surface area contributed by atoms with Gasteiger partial charge in [0.15, 0.2) is 0 Å². The molecule has 1 aliphatic heterocycles. The first-order chi connectivity index (χ1) is 18.5. The third-order valence-electron chi connectivity index (χ3n) is 7.12. The summed E-state index contributed by atoms with van der Waals surface area (Å²) in [6.45, 7) is 6.32. The SMILES string of the molecule is CC(C)(C)OC(=O)N1CCC(NS(=O)(=O)c2ccc(C3CC3C(=O)Nc3ccc4cnccc4c3)cc2)CC1. The number of nitrogens with one attached hydrogen (secondary N) is 2. The van der Waals surface area contributed by atoms with E-state index in [-0.39, 0.29) is 34.8 Å². The van der Waals surface area contributed by atoms with Gasteiger partial charge in [0.25, 0.3) is 0 Å². The van der Waals surface area contributed by atoms with Crippen molar-refractivity contribution in [1.29, 1.82) is 0 Å². The minimum Gasteiger partial charge on any atom is -0.444 e. The summed E-state index contributed by atoms with van der Waals surface area (Å²) in [7, 11) is -3.71. The second kappa shape index (κ2) is 10.6. The fourth-order valence-electron chi connectivity index (χ4n) is 4.94. The van der Waals surface area contributed by atoms with E-state index in [0.717, 1.165) is 28.4 Å². The van der Waals surface area contributed by atoms with Crippen molar-refractivity contribution in [1.82, 2.24) is 14.6 Å². The van der Waals surface area contributed by atoms with E-state index in [2.05, 4.69) is 15.0 Å². The van der Waals surface area contributed by atoms with E-state index in [1.54, 1.807) is 41.6 Å². The molecular formula is C29H34N4O5S. The summed E-state index contributed by atoms with van der Waals surface area (Å²) in [5.41, 5.74) is 1.12. The van der Waals surface area contributed by atoms with Gasteiger partial charge in [-0.2, -0.15) is 0 Å². The Morgan fingerprint density at radius 1 is 1.00 bits per heavy atom. The van der Waals surface area contributed by atoms with Crippen LogP contribution in [0.5, 0.6) is 0 Å². The molecule has 1 aliphatic carbocycles. The predicted molar refractivity (Wildman–Crippen MR) is 149 cm³/mol. The van der Waals surface area contributed by atoms with Crippen molar-refractivity contribution in [3.05, 3.63) is 66.5 Å². The molecule has 2 aromatic carbocycles. The maximum Gasteiger partial charge on any atom is 0.410 e. The summed E-state index contributed by atoms with van der Waals surface area (Å²) in [5, 5.41) is 5.02. The number of aromatic nitrogens is 1. The highest BCUT2D eigenvalue weighted by atomic mass is 32.2. The molecule has 206 valence electrons. The minimum atomic E-state index is -3.71. The zero-order valence-electron chi connectivity index (χ0n) is 22.4.